The van der Waals surface area contributed by atoms with Crippen LogP contribution in [0.4, 0.5) is 20.2 Å². The lowest BCUT2D eigenvalue weighted by atomic mass is 9.96. The molecule has 23 heteroatoms. The van der Waals surface area contributed by atoms with Crippen molar-refractivity contribution in [2.45, 2.75) is 63.3 Å². The summed E-state index contributed by atoms with van der Waals surface area (Å²) in [6.45, 7) is 4.55. The largest absolute Gasteiger partial charge is 0.393 e. The lowest BCUT2D eigenvalue weighted by Gasteiger charge is -2.38. The number of alkyl halides is 2. The van der Waals surface area contributed by atoms with E-state index in [1.54, 1.807) is 41.4 Å². The fraction of sp³-hybridized carbons (Fsp3) is 0.400. The molecule has 1 fully saturated rings. The Morgan fingerprint density at radius 2 is 1.21 bits per heavy atom. The second-order valence-electron chi connectivity index (χ2n) is 15.4. The highest BCUT2D eigenvalue weighted by Crippen LogP contribution is 2.29. The number of nitrogens with one attached hydrogen (secondary N) is 4. The fourth-order valence-electron chi connectivity index (χ4n) is 6.17. The summed E-state index contributed by atoms with van der Waals surface area (Å²) in [5.41, 5.74) is 0.961. The molecule has 19 nitrogen and oxygen atoms in total. The van der Waals surface area contributed by atoms with E-state index in [2.05, 4.69) is 51.4 Å². The number of fused-ring (bicyclic) bond motifs is 2. The number of aromatic nitrogens is 8. The van der Waals surface area contributed by atoms with Crippen molar-refractivity contribution < 1.29 is 43.5 Å². The Bertz CT molecular complexity index is 2570. The highest BCUT2D eigenvalue weighted by Gasteiger charge is 2.44. The third kappa shape index (κ3) is 10.8. The summed E-state index contributed by atoms with van der Waals surface area (Å²) in [7, 11) is 0. The Morgan fingerprint density at radius 1 is 0.762 bits per heavy atom. The second kappa shape index (κ2) is 19.8. The number of carbonyl (C=O) groups excluding carboxylic acids is 2. The van der Waals surface area contributed by atoms with Crippen molar-refractivity contribution in [3.05, 3.63) is 82.9 Å². The van der Waals surface area contributed by atoms with Crippen LogP contribution in [0.5, 0.6) is 0 Å². The van der Waals surface area contributed by atoms with Crippen molar-refractivity contribution in [1.82, 2.24) is 49.8 Å². The third-order valence-electron chi connectivity index (χ3n) is 9.69. The number of amides is 2. The zero-order valence-electron chi connectivity index (χ0n) is 34.4. The van der Waals surface area contributed by atoms with Crippen molar-refractivity contribution in [2.24, 2.45) is 0 Å². The number of pyridine rings is 2. The van der Waals surface area contributed by atoms with Gasteiger partial charge in [-0.15, -0.1) is 0 Å². The number of hydrogen-bond acceptors (Lipinski definition) is 15. The van der Waals surface area contributed by atoms with Gasteiger partial charge in [0.15, 0.2) is 23.6 Å². The highest BCUT2D eigenvalue weighted by molar-refractivity contribution is 6.30. The van der Waals surface area contributed by atoms with Gasteiger partial charge in [0.1, 0.15) is 11.2 Å². The molecule has 6 aromatic heterocycles. The topological polar surface area (TPSA) is 259 Å². The van der Waals surface area contributed by atoms with Crippen molar-refractivity contribution in [3.8, 4) is 22.5 Å². The predicted molar refractivity (Wildman–Crippen MR) is 229 cm³/mol. The van der Waals surface area contributed by atoms with Crippen LogP contribution in [0.15, 0.2) is 61.7 Å². The first-order chi connectivity index (χ1) is 29.9. The molecule has 1 saturated heterocycles. The van der Waals surface area contributed by atoms with Gasteiger partial charge in [-0.05, 0) is 39.8 Å². The summed E-state index contributed by atoms with van der Waals surface area (Å²) in [6, 6.07) is 3.39. The maximum absolute atomic E-state index is 14.2. The number of halogens is 4. The SMILES string of the molecule is CC(C)Nc1cc(-c2cnn3cc(Cl)cnc23)ncc1C(=O)NC[C@@H](F)C(O)(CO)CO.CC(C)Nc1cc(-c2cnn3cc(Cl)cnc23)ncc1C(=O)NC[C@@H](F)C1(O)COC1. The normalized spacial score (nSPS) is 14.5. The standard InChI is InChI=1S/C20H24ClFN6O4.C20H22ClFN6O3/c1-11(2)27-16-3-15(13-6-26-28-8-12(21)4-24-18(13)28)23-5-14(16)19(31)25-7-17(22)20(32,9-29)10-30;1-11(2)27-16-3-15(13-6-26-28-8-12(21)4-24-18(13)28)23-5-14(16)19(29)25-7-17(22)20(30)9-31-10-20/h3-6,8,11,17,29-30,32H,7,9-10H2,1-2H3,(H,23,27)(H,25,31);3-6,8,11,17,30H,7,9-10H2,1-2H3,(H,23,27)(H,25,29)/t2*17-/m11/s1. The molecule has 0 aliphatic carbocycles. The summed E-state index contributed by atoms with van der Waals surface area (Å²) >= 11 is 11.9. The Kier molecular flexibility index (Phi) is 14.7. The first-order valence-electron chi connectivity index (χ1n) is 19.6. The molecule has 8 N–H and O–H groups in total. The van der Waals surface area contributed by atoms with Crippen LogP contribution in [0.1, 0.15) is 48.4 Å². The van der Waals surface area contributed by atoms with Crippen LogP contribution in [0.2, 0.25) is 10.0 Å². The summed E-state index contributed by atoms with van der Waals surface area (Å²) in [4.78, 5) is 42.7. The van der Waals surface area contributed by atoms with E-state index in [-0.39, 0.29) is 43.0 Å². The molecule has 0 aromatic carbocycles. The molecule has 336 valence electrons. The van der Waals surface area contributed by atoms with Crippen molar-refractivity contribution in [1.29, 1.82) is 0 Å². The van der Waals surface area contributed by atoms with Crippen LogP contribution in [0, 0.1) is 0 Å². The van der Waals surface area contributed by atoms with E-state index in [1.807, 2.05) is 27.7 Å². The number of hydrogen-bond donors (Lipinski definition) is 8. The molecule has 7 heterocycles. The molecule has 0 spiro atoms. The Labute approximate surface area is 368 Å². The van der Waals surface area contributed by atoms with E-state index in [0.29, 0.717) is 55.2 Å². The first kappa shape index (κ1) is 46.8. The fourth-order valence-corrected chi connectivity index (χ4v) is 6.45. The highest BCUT2D eigenvalue weighted by atomic mass is 35.5. The molecule has 63 heavy (non-hydrogen) atoms. The van der Waals surface area contributed by atoms with Crippen LogP contribution in [-0.2, 0) is 4.74 Å². The molecule has 2 atom stereocenters. The average Bonchev–Trinajstić information content (AvgIpc) is 3.86. The number of rotatable bonds is 16. The lowest BCUT2D eigenvalue weighted by Crippen LogP contribution is -2.59. The number of aliphatic hydroxyl groups excluding tert-OH is 2. The van der Waals surface area contributed by atoms with Crippen molar-refractivity contribution in [3.63, 3.8) is 0 Å². The van der Waals surface area contributed by atoms with Gasteiger partial charge in [0.2, 0.25) is 0 Å². The maximum Gasteiger partial charge on any atom is 0.255 e. The van der Waals surface area contributed by atoms with Gasteiger partial charge in [0.05, 0.1) is 119 Å². The van der Waals surface area contributed by atoms with Gasteiger partial charge in [-0.3, -0.25) is 19.6 Å². The minimum Gasteiger partial charge on any atom is -0.393 e. The monoisotopic (exact) mass is 914 g/mol. The van der Waals surface area contributed by atoms with Gasteiger partial charge in [0, 0.05) is 36.9 Å². The van der Waals surface area contributed by atoms with Crippen molar-refractivity contribution in [2.75, 3.05) is 50.2 Å². The Morgan fingerprint density at radius 3 is 1.60 bits per heavy atom. The minimum absolute atomic E-state index is 0.0274. The Balaban J connectivity index is 0.000000210. The number of ether oxygens (including phenoxy) is 1. The quantitative estimate of drug-likeness (QED) is 0.0694. The maximum atomic E-state index is 14.2. The third-order valence-corrected chi connectivity index (χ3v) is 10.1. The molecule has 0 radical (unpaired) electrons. The molecule has 1 aliphatic rings. The van der Waals surface area contributed by atoms with Gasteiger partial charge >= 0.3 is 0 Å². The lowest BCUT2D eigenvalue weighted by molar-refractivity contribution is -0.208. The van der Waals surface area contributed by atoms with Gasteiger partial charge in [-0.2, -0.15) is 10.2 Å². The van der Waals surface area contributed by atoms with Gasteiger partial charge in [-0.25, -0.2) is 27.8 Å². The van der Waals surface area contributed by atoms with Gasteiger partial charge in [-0.1, -0.05) is 23.2 Å². The zero-order valence-corrected chi connectivity index (χ0v) is 35.9. The molecular formula is C40H46Cl2F2N12O7. The number of anilines is 2. The van der Waals surface area contributed by atoms with E-state index in [1.165, 1.54) is 29.3 Å². The molecule has 1 aliphatic heterocycles. The first-order valence-corrected chi connectivity index (χ1v) is 20.3. The van der Waals surface area contributed by atoms with Crippen LogP contribution in [-0.4, -0.2) is 147 Å². The van der Waals surface area contributed by atoms with Crippen LogP contribution < -0.4 is 21.3 Å². The van der Waals surface area contributed by atoms with E-state index in [4.69, 9.17) is 38.2 Å². The van der Waals surface area contributed by atoms with E-state index >= 15 is 0 Å². The Hall–Kier alpha value is -5.68. The van der Waals surface area contributed by atoms with Gasteiger partial charge < -0.3 is 46.4 Å². The summed E-state index contributed by atoms with van der Waals surface area (Å²) in [5, 5.41) is 58.6. The molecule has 0 unspecified atom stereocenters. The predicted octanol–water partition coefficient (Wildman–Crippen LogP) is 3.14. The summed E-state index contributed by atoms with van der Waals surface area (Å²) in [6.07, 6.45) is 8.51. The smallest absolute Gasteiger partial charge is 0.255 e. The van der Waals surface area contributed by atoms with E-state index in [0.717, 1.165) is 0 Å². The molecular weight excluding hydrogens is 869 g/mol. The number of nitrogens with zero attached hydrogens (tertiary/aromatic N) is 8. The molecule has 0 saturated carbocycles. The van der Waals surface area contributed by atoms with E-state index < -0.39 is 55.1 Å². The van der Waals surface area contributed by atoms with E-state index in [9.17, 15) is 28.6 Å². The summed E-state index contributed by atoms with van der Waals surface area (Å²) in [5.74, 6) is -1.14. The minimum atomic E-state index is -2.35. The molecule has 7 rings (SSSR count). The van der Waals surface area contributed by atoms with Crippen LogP contribution in [0.3, 0.4) is 0 Å². The zero-order chi connectivity index (χ0) is 45.6. The van der Waals surface area contributed by atoms with Crippen molar-refractivity contribution >= 4 is 57.7 Å². The van der Waals surface area contributed by atoms with Crippen LogP contribution >= 0.6 is 23.2 Å². The molecule has 6 aromatic rings. The number of aliphatic hydroxyl groups is 4. The average molecular weight is 916 g/mol. The number of carbonyl (C=O) groups is 2. The molecule has 2 amide bonds. The van der Waals surface area contributed by atoms with Crippen LogP contribution in [0.25, 0.3) is 33.8 Å². The summed E-state index contributed by atoms with van der Waals surface area (Å²) < 4.78 is 36.4. The second-order valence-corrected chi connectivity index (χ2v) is 16.3. The molecule has 0 bridgehead atoms. The van der Waals surface area contributed by atoms with Gasteiger partial charge in [0.25, 0.3) is 11.8 Å².